The van der Waals surface area contributed by atoms with Crippen LogP contribution < -0.4 is 9.47 Å². The Labute approximate surface area is 275 Å². The van der Waals surface area contributed by atoms with Gasteiger partial charge in [0.05, 0.1) is 11.1 Å². The summed E-state index contributed by atoms with van der Waals surface area (Å²) in [5.41, 5.74) is 2.02. The minimum Gasteiger partial charge on any atom is -0.423 e. The van der Waals surface area contributed by atoms with Crippen molar-refractivity contribution in [3.63, 3.8) is 0 Å². The molecule has 5 aromatic rings. The molecule has 0 N–H and O–H groups in total. The molecule has 46 heavy (non-hydrogen) atoms. The Morgan fingerprint density at radius 1 is 0.565 bits per heavy atom. The Morgan fingerprint density at radius 3 is 1.33 bits per heavy atom. The number of ether oxygens (including phenoxy) is 2. The first-order chi connectivity index (χ1) is 22.5. The van der Waals surface area contributed by atoms with Crippen LogP contribution in [0.2, 0.25) is 0 Å². The zero-order chi connectivity index (χ0) is 32.1. The molecule has 0 unspecified atom stereocenters. The normalized spacial score (nSPS) is 11.0. The monoisotopic (exact) mass is 658 g/mol. The largest absolute Gasteiger partial charge is 0.423 e. The first-order valence-corrected chi connectivity index (χ1v) is 17.2. The molecule has 0 saturated carbocycles. The maximum atomic E-state index is 12.7. The first kappa shape index (κ1) is 33.0. The average Bonchev–Trinajstić information content (AvgIpc) is 3.76. The van der Waals surface area contributed by atoms with Gasteiger partial charge in [-0.05, 0) is 85.6 Å². The molecular formula is C34H34N4O6S2. The molecule has 0 amide bonds. The van der Waals surface area contributed by atoms with Gasteiger partial charge in [0.25, 0.3) is 10.4 Å². The van der Waals surface area contributed by atoms with Gasteiger partial charge in [-0.3, -0.25) is 0 Å². The fourth-order valence-electron chi connectivity index (χ4n) is 4.20. The number of hydrogen-bond acceptors (Lipinski definition) is 12. The lowest BCUT2D eigenvalue weighted by Gasteiger charge is -2.07. The quantitative estimate of drug-likeness (QED) is 0.0434. The Kier molecular flexibility index (Phi) is 12.0. The Balaban J connectivity index is 1.10. The lowest BCUT2D eigenvalue weighted by Crippen LogP contribution is -2.11. The Bertz CT molecular complexity index is 1580. The van der Waals surface area contributed by atoms with Gasteiger partial charge >= 0.3 is 11.9 Å². The zero-order valence-electron chi connectivity index (χ0n) is 25.6. The molecule has 0 aliphatic heterocycles. The number of hydrogen-bond donors (Lipinski definition) is 0. The molecule has 238 valence electrons. The molecule has 0 aliphatic rings. The summed E-state index contributed by atoms with van der Waals surface area (Å²) in [7, 11) is 0. The van der Waals surface area contributed by atoms with Gasteiger partial charge in [0.15, 0.2) is 0 Å². The van der Waals surface area contributed by atoms with Crippen molar-refractivity contribution in [3.05, 3.63) is 83.9 Å². The van der Waals surface area contributed by atoms with E-state index in [-0.39, 0.29) is 11.1 Å². The molecule has 3 aromatic carbocycles. The van der Waals surface area contributed by atoms with Gasteiger partial charge in [0, 0.05) is 22.6 Å². The van der Waals surface area contributed by atoms with Crippen LogP contribution in [-0.2, 0) is 0 Å². The molecule has 0 spiro atoms. The zero-order valence-corrected chi connectivity index (χ0v) is 27.3. The summed E-state index contributed by atoms with van der Waals surface area (Å²) in [5, 5.41) is 17.5. The van der Waals surface area contributed by atoms with E-state index >= 15 is 0 Å². The number of esters is 2. The van der Waals surface area contributed by atoms with E-state index in [4.69, 9.17) is 18.3 Å². The van der Waals surface area contributed by atoms with Crippen molar-refractivity contribution in [1.29, 1.82) is 0 Å². The predicted octanol–water partition coefficient (Wildman–Crippen LogP) is 8.79. The molecule has 10 nitrogen and oxygen atoms in total. The van der Waals surface area contributed by atoms with Crippen LogP contribution in [0.15, 0.2) is 92.1 Å². The number of nitrogens with zero attached hydrogens (tertiary/aromatic N) is 4. The molecular weight excluding hydrogens is 625 g/mol. The summed E-state index contributed by atoms with van der Waals surface area (Å²) in [6.07, 6.45) is 6.86. The van der Waals surface area contributed by atoms with E-state index in [0.717, 1.165) is 48.3 Å². The molecule has 5 rings (SSSR count). The minimum atomic E-state index is -0.560. The van der Waals surface area contributed by atoms with Crippen LogP contribution in [0.25, 0.3) is 22.9 Å². The van der Waals surface area contributed by atoms with E-state index in [0.29, 0.717) is 33.7 Å². The van der Waals surface area contributed by atoms with Crippen molar-refractivity contribution >= 4 is 35.5 Å². The molecule has 0 bridgehead atoms. The van der Waals surface area contributed by atoms with Crippen LogP contribution in [0, 0.1) is 0 Å². The van der Waals surface area contributed by atoms with Crippen LogP contribution in [0.3, 0.4) is 0 Å². The Morgan fingerprint density at radius 2 is 0.957 bits per heavy atom. The van der Waals surface area contributed by atoms with Gasteiger partial charge in [-0.1, -0.05) is 63.1 Å². The van der Waals surface area contributed by atoms with Gasteiger partial charge in [-0.2, -0.15) is 0 Å². The van der Waals surface area contributed by atoms with Crippen LogP contribution in [-0.4, -0.2) is 43.8 Å². The number of aromatic nitrogens is 4. The topological polar surface area (TPSA) is 130 Å². The molecule has 12 heteroatoms. The third kappa shape index (κ3) is 9.30. The average molecular weight is 659 g/mol. The van der Waals surface area contributed by atoms with Gasteiger partial charge < -0.3 is 18.3 Å². The van der Waals surface area contributed by atoms with Crippen molar-refractivity contribution in [1.82, 2.24) is 20.4 Å². The molecule has 0 aliphatic carbocycles. The molecule has 2 aromatic heterocycles. The molecule has 0 radical (unpaired) electrons. The lowest BCUT2D eigenvalue weighted by molar-refractivity contribution is 0.0720. The number of unbranched alkanes of at least 4 members (excludes halogenated alkanes) is 4. The van der Waals surface area contributed by atoms with Crippen LogP contribution in [0.5, 0.6) is 11.5 Å². The highest BCUT2D eigenvalue weighted by Crippen LogP contribution is 2.27. The third-order valence-corrected chi connectivity index (χ3v) is 8.55. The number of benzene rings is 3. The van der Waals surface area contributed by atoms with Crippen molar-refractivity contribution < 1.29 is 27.9 Å². The fraction of sp³-hybridized carbons (Fsp3) is 0.294. The first-order valence-electron chi connectivity index (χ1n) is 15.2. The molecule has 0 atom stereocenters. The van der Waals surface area contributed by atoms with E-state index < -0.39 is 11.9 Å². The highest BCUT2D eigenvalue weighted by Gasteiger charge is 2.15. The predicted molar refractivity (Wildman–Crippen MR) is 176 cm³/mol. The van der Waals surface area contributed by atoms with E-state index in [1.807, 2.05) is 0 Å². The summed E-state index contributed by atoms with van der Waals surface area (Å²) in [6, 6.07) is 19.7. The van der Waals surface area contributed by atoms with Gasteiger partial charge in [-0.15, -0.1) is 20.4 Å². The minimum absolute atomic E-state index is 0.286. The van der Waals surface area contributed by atoms with Gasteiger partial charge in [0.2, 0.25) is 11.8 Å². The van der Waals surface area contributed by atoms with Crippen molar-refractivity contribution in [2.45, 2.75) is 62.8 Å². The summed E-state index contributed by atoms with van der Waals surface area (Å²) in [5.74, 6) is 2.27. The van der Waals surface area contributed by atoms with Crippen molar-refractivity contribution in [3.8, 4) is 34.4 Å². The van der Waals surface area contributed by atoms with Gasteiger partial charge in [0.1, 0.15) is 11.5 Å². The summed E-state index contributed by atoms with van der Waals surface area (Å²) >= 11 is 3.09. The second-order valence-electron chi connectivity index (χ2n) is 10.3. The van der Waals surface area contributed by atoms with E-state index in [1.54, 1.807) is 72.1 Å². The molecule has 0 fully saturated rings. The summed E-state index contributed by atoms with van der Waals surface area (Å²) in [4.78, 5) is 25.4. The highest BCUT2D eigenvalue weighted by molar-refractivity contribution is 7.99. The maximum absolute atomic E-state index is 12.7. The maximum Gasteiger partial charge on any atom is 0.343 e. The SMILES string of the molecule is CCCCCSc1nnc(-c2ccc(OC(=O)c3ccc(C(=O)Oc4ccc(-c5nnc(SCCCCC)o5)cc4)cc3)cc2)o1. The van der Waals surface area contributed by atoms with E-state index in [1.165, 1.54) is 37.1 Å². The van der Waals surface area contributed by atoms with Crippen LogP contribution in [0.4, 0.5) is 0 Å². The Hall–Kier alpha value is -4.42. The third-order valence-electron chi connectivity index (χ3n) is 6.74. The van der Waals surface area contributed by atoms with Crippen molar-refractivity contribution in [2.24, 2.45) is 0 Å². The standard InChI is InChI=1S/C34H34N4O6S2/c1-3-5-7-21-45-33-37-35-29(43-33)23-13-17-27(18-14-23)41-31(39)25-9-11-26(12-10-25)32(40)42-28-19-15-24(16-20-28)30-36-38-34(44-30)46-22-8-6-4-2/h9-20H,3-8,21-22H2,1-2H3. The van der Waals surface area contributed by atoms with E-state index in [9.17, 15) is 9.59 Å². The lowest BCUT2D eigenvalue weighted by atomic mass is 10.1. The van der Waals surface area contributed by atoms with Crippen LogP contribution in [0.1, 0.15) is 73.1 Å². The molecule has 2 heterocycles. The second-order valence-corrected chi connectivity index (χ2v) is 12.4. The second kappa shape index (κ2) is 16.8. The number of carbonyl (C=O) groups excluding carboxylic acids is 2. The fourth-order valence-corrected chi connectivity index (χ4v) is 5.72. The van der Waals surface area contributed by atoms with E-state index in [2.05, 4.69) is 34.2 Å². The smallest absolute Gasteiger partial charge is 0.343 e. The van der Waals surface area contributed by atoms with Crippen LogP contribution >= 0.6 is 23.5 Å². The summed E-state index contributed by atoms with van der Waals surface area (Å²) < 4.78 is 22.5. The van der Waals surface area contributed by atoms with Gasteiger partial charge in [-0.25, -0.2) is 9.59 Å². The number of rotatable bonds is 16. The number of carbonyl (C=O) groups is 2. The highest BCUT2D eigenvalue weighted by atomic mass is 32.2. The summed E-state index contributed by atoms with van der Waals surface area (Å²) in [6.45, 7) is 4.33. The molecule has 0 saturated heterocycles. The number of thioether (sulfide) groups is 2. The van der Waals surface area contributed by atoms with Crippen molar-refractivity contribution in [2.75, 3.05) is 11.5 Å².